The summed E-state index contributed by atoms with van der Waals surface area (Å²) in [6.07, 6.45) is 0. The summed E-state index contributed by atoms with van der Waals surface area (Å²) in [5.41, 5.74) is 2.78. The Bertz CT molecular complexity index is 877. The first-order valence-corrected chi connectivity index (χ1v) is 9.85. The predicted molar refractivity (Wildman–Crippen MR) is 100 cm³/mol. The van der Waals surface area contributed by atoms with Crippen LogP contribution in [0.1, 0.15) is 26.3 Å². The zero-order valence-electron chi connectivity index (χ0n) is 13.2. The second kappa shape index (κ2) is 6.57. The van der Waals surface area contributed by atoms with E-state index >= 15 is 0 Å². The van der Waals surface area contributed by atoms with Gasteiger partial charge < -0.3 is 9.15 Å². The molecule has 5 heteroatoms. The fourth-order valence-corrected chi connectivity index (χ4v) is 5.63. The molecule has 0 amide bonds. The number of ether oxygens (including phenoxy) is 1. The lowest BCUT2D eigenvalue weighted by Gasteiger charge is -2.09. The smallest absolute Gasteiger partial charge is 0.379 e. The average Bonchev–Trinajstić information content (AvgIpc) is 3.24. The molecule has 0 spiro atoms. The number of carbonyl (C=O) groups is 1. The monoisotopic (exact) mass is 356 g/mol. The van der Waals surface area contributed by atoms with Crippen LogP contribution in [0.25, 0.3) is 11.0 Å². The molecule has 3 aromatic rings. The van der Waals surface area contributed by atoms with Crippen molar-refractivity contribution in [3.8, 4) is 5.75 Å². The highest BCUT2D eigenvalue weighted by atomic mass is 32.2. The van der Waals surface area contributed by atoms with E-state index in [1.54, 1.807) is 0 Å². The third kappa shape index (κ3) is 2.94. The minimum atomic E-state index is -0.457. The van der Waals surface area contributed by atoms with Gasteiger partial charge in [-0.25, -0.2) is 4.79 Å². The van der Waals surface area contributed by atoms with Crippen molar-refractivity contribution >= 4 is 40.5 Å². The predicted octanol–water partition coefficient (Wildman–Crippen LogP) is 5.44. The van der Waals surface area contributed by atoms with E-state index in [2.05, 4.69) is 0 Å². The number of thioether (sulfide) groups is 2. The summed E-state index contributed by atoms with van der Waals surface area (Å²) in [5.74, 6) is 2.73. The lowest BCUT2D eigenvalue weighted by molar-refractivity contribution is 0.0703. The maximum atomic E-state index is 12.4. The highest BCUT2D eigenvalue weighted by molar-refractivity contribution is 8.19. The first kappa shape index (κ1) is 15.7. The molecule has 2 heterocycles. The molecule has 0 bridgehead atoms. The van der Waals surface area contributed by atoms with Crippen molar-refractivity contribution in [1.29, 1.82) is 0 Å². The van der Waals surface area contributed by atoms with Gasteiger partial charge in [0, 0.05) is 22.5 Å². The molecule has 1 aliphatic rings. The number of esters is 1. The molecule has 1 fully saturated rings. The number of carbonyl (C=O) groups excluding carboxylic acids is 1. The Kier molecular flexibility index (Phi) is 4.29. The number of rotatable bonds is 3. The van der Waals surface area contributed by atoms with Gasteiger partial charge in [0.2, 0.25) is 5.76 Å². The van der Waals surface area contributed by atoms with Crippen molar-refractivity contribution < 1.29 is 13.9 Å². The molecule has 0 unspecified atom stereocenters. The average molecular weight is 356 g/mol. The minimum Gasteiger partial charge on any atom is -0.449 e. The minimum absolute atomic E-state index is 0.266. The maximum absolute atomic E-state index is 12.4. The van der Waals surface area contributed by atoms with Crippen molar-refractivity contribution in [3.05, 3.63) is 65.4 Å². The van der Waals surface area contributed by atoms with Crippen LogP contribution in [0.5, 0.6) is 5.75 Å². The molecular weight excluding hydrogens is 340 g/mol. The standard InChI is InChI=1S/C19H16O3S2/c1-12-15-4-2-3-5-16(15)22-17(12)18(20)21-14-8-6-13(7-9-14)19-23-10-11-24-19/h2-9,19H,10-11H2,1H3. The van der Waals surface area contributed by atoms with Gasteiger partial charge in [-0.3, -0.25) is 0 Å². The van der Waals surface area contributed by atoms with Gasteiger partial charge in [0.05, 0.1) is 4.58 Å². The highest BCUT2D eigenvalue weighted by Gasteiger charge is 2.21. The number of hydrogen-bond acceptors (Lipinski definition) is 5. The molecule has 0 aliphatic carbocycles. The van der Waals surface area contributed by atoms with Gasteiger partial charge in [-0.15, -0.1) is 23.5 Å². The number of furan rings is 1. The van der Waals surface area contributed by atoms with Crippen LogP contribution in [0, 0.1) is 6.92 Å². The zero-order chi connectivity index (χ0) is 16.5. The molecule has 0 radical (unpaired) electrons. The number of hydrogen-bond donors (Lipinski definition) is 0. The molecule has 4 rings (SSSR count). The van der Waals surface area contributed by atoms with E-state index < -0.39 is 5.97 Å². The molecule has 24 heavy (non-hydrogen) atoms. The van der Waals surface area contributed by atoms with Gasteiger partial charge in [-0.05, 0) is 30.7 Å². The maximum Gasteiger partial charge on any atom is 0.379 e. The van der Waals surface area contributed by atoms with Crippen LogP contribution in [-0.2, 0) is 0 Å². The van der Waals surface area contributed by atoms with E-state index in [-0.39, 0.29) is 5.76 Å². The third-order valence-electron chi connectivity index (χ3n) is 4.01. The molecule has 1 aromatic heterocycles. The summed E-state index contributed by atoms with van der Waals surface area (Å²) in [6, 6.07) is 15.4. The molecular formula is C19H16O3S2. The van der Waals surface area contributed by atoms with E-state index in [0.29, 0.717) is 15.9 Å². The fourth-order valence-electron chi connectivity index (χ4n) is 2.77. The Balaban J connectivity index is 1.53. The number of benzene rings is 2. The molecule has 1 saturated heterocycles. The number of aryl methyl sites for hydroxylation is 1. The van der Waals surface area contributed by atoms with Crippen molar-refractivity contribution in [2.45, 2.75) is 11.5 Å². The first-order chi connectivity index (χ1) is 11.7. The molecule has 2 aromatic carbocycles. The van der Waals surface area contributed by atoms with Gasteiger partial charge in [-0.2, -0.15) is 0 Å². The van der Waals surface area contributed by atoms with Crippen LogP contribution >= 0.6 is 23.5 Å². The lowest BCUT2D eigenvalue weighted by atomic mass is 10.1. The summed E-state index contributed by atoms with van der Waals surface area (Å²) in [4.78, 5) is 12.4. The second-order valence-electron chi connectivity index (χ2n) is 5.58. The van der Waals surface area contributed by atoms with Crippen molar-refractivity contribution in [2.24, 2.45) is 0 Å². The number of fused-ring (bicyclic) bond motifs is 1. The van der Waals surface area contributed by atoms with E-state index in [9.17, 15) is 4.79 Å². The van der Waals surface area contributed by atoms with Crippen LogP contribution < -0.4 is 4.74 Å². The van der Waals surface area contributed by atoms with Gasteiger partial charge >= 0.3 is 5.97 Å². The molecule has 122 valence electrons. The Morgan fingerprint density at radius 1 is 1.08 bits per heavy atom. The van der Waals surface area contributed by atoms with Gasteiger partial charge in [0.25, 0.3) is 0 Å². The van der Waals surface area contributed by atoms with E-state index in [1.165, 1.54) is 17.1 Å². The first-order valence-electron chi connectivity index (χ1n) is 7.76. The Labute approximate surface area is 148 Å². The summed E-state index contributed by atoms with van der Waals surface area (Å²) < 4.78 is 11.6. The fraction of sp³-hybridized carbons (Fsp3) is 0.211. The van der Waals surface area contributed by atoms with Crippen molar-refractivity contribution in [3.63, 3.8) is 0 Å². The van der Waals surface area contributed by atoms with Crippen LogP contribution in [0.3, 0.4) is 0 Å². The Morgan fingerprint density at radius 3 is 2.50 bits per heavy atom. The Morgan fingerprint density at radius 2 is 1.79 bits per heavy atom. The molecule has 0 N–H and O–H groups in total. The van der Waals surface area contributed by atoms with Crippen LogP contribution in [0.4, 0.5) is 0 Å². The van der Waals surface area contributed by atoms with Crippen molar-refractivity contribution in [1.82, 2.24) is 0 Å². The third-order valence-corrected chi connectivity index (χ3v) is 7.12. The lowest BCUT2D eigenvalue weighted by Crippen LogP contribution is -2.08. The van der Waals surface area contributed by atoms with Crippen LogP contribution in [-0.4, -0.2) is 17.5 Å². The van der Waals surface area contributed by atoms with E-state index in [0.717, 1.165) is 10.9 Å². The van der Waals surface area contributed by atoms with Gasteiger partial charge in [-0.1, -0.05) is 30.3 Å². The topological polar surface area (TPSA) is 39.4 Å². The van der Waals surface area contributed by atoms with Crippen molar-refractivity contribution in [2.75, 3.05) is 11.5 Å². The zero-order valence-corrected chi connectivity index (χ0v) is 14.8. The normalized spacial score (nSPS) is 15.0. The summed E-state index contributed by atoms with van der Waals surface area (Å²) >= 11 is 3.91. The second-order valence-corrected chi connectivity index (χ2v) is 8.31. The van der Waals surface area contributed by atoms with E-state index in [4.69, 9.17) is 9.15 Å². The Hall–Kier alpha value is -1.85. The van der Waals surface area contributed by atoms with Crippen LogP contribution in [0.15, 0.2) is 52.9 Å². The van der Waals surface area contributed by atoms with Gasteiger partial charge in [0.15, 0.2) is 0 Å². The number of para-hydroxylation sites is 1. The molecule has 0 saturated carbocycles. The molecule has 0 atom stereocenters. The largest absolute Gasteiger partial charge is 0.449 e. The van der Waals surface area contributed by atoms with E-state index in [1.807, 2.05) is 79.0 Å². The summed E-state index contributed by atoms with van der Waals surface area (Å²) in [6.45, 7) is 1.88. The summed E-state index contributed by atoms with van der Waals surface area (Å²) in [5, 5.41) is 0.940. The summed E-state index contributed by atoms with van der Waals surface area (Å²) in [7, 11) is 0. The highest BCUT2D eigenvalue weighted by Crippen LogP contribution is 2.45. The SMILES string of the molecule is Cc1c(C(=O)Oc2ccc(C3SCCS3)cc2)oc2ccccc12. The quantitative estimate of drug-likeness (QED) is 0.462. The van der Waals surface area contributed by atoms with Gasteiger partial charge in [0.1, 0.15) is 11.3 Å². The molecule has 3 nitrogen and oxygen atoms in total. The van der Waals surface area contributed by atoms with Crippen LogP contribution in [0.2, 0.25) is 0 Å². The molecule has 1 aliphatic heterocycles.